The smallest absolute Gasteiger partial charge is 0.224 e. The molecule has 4 heterocycles. The number of rotatable bonds is 7. The highest BCUT2D eigenvalue weighted by Crippen LogP contribution is 2.38. The number of halogens is 1. The minimum absolute atomic E-state index is 0.0519. The number of carbonyl (C=O) groups excluding carboxylic acids is 2. The van der Waals surface area contributed by atoms with Crippen molar-refractivity contribution in [2.24, 2.45) is 0 Å². The number of carbonyl (C=O) groups is 2. The zero-order valence-corrected chi connectivity index (χ0v) is 18.9. The average molecular weight is 471 g/mol. The van der Waals surface area contributed by atoms with Gasteiger partial charge >= 0.3 is 0 Å². The fourth-order valence-electron chi connectivity index (χ4n) is 4.64. The zero-order valence-electron chi connectivity index (χ0n) is 18.9. The van der Waals surface area contributed by atoms with Crippen LogP contribution < -0.4 is 5.32 Å². The van der Waals surface area contributed by atoms with Crippen LogP contribution in [-0.2, 0) is 11.2 Å². The van der Waals surface area contributed by atoms with E-state index in [1.54, 1.807) is 6.07 Å². The maximum Gasteiger partial charge on any atom is 0.224 e. The minimum atomic E-state index is -0.822. The molecule has 1 unspecified atom stereocenters. The van der Waals surface area contributed by atoms with E-state index in [-0.39, 0.29) is 23.0 Å². The Bertz CT molecular complexity index is 1440. The van der Waals surface area contributed by atoms with Crippen LogP contribution in [0.25, 0.3) is 11.0 Å². The maximum atomic E-state index is 15.0. The summed E-state index contributed by atoms with van der Waals surface area (Å²) < 4.78 is 15.0. The number of pyridine rings is 2. The molecule has 0 bridgehead atoms. The molecule has 0 spiro atoms. The first-order valence-corrected chi connectivity index (χ1v) is 11.8. The molecule has 176 valence electrons. The summed E-state index contributed by atoms with van der Waals surface area (Å²) in [6.07, 6.45) is 9.15. The van der Waals surface area contributed by atoms with Crippen molar-refractivity contribution in [2.45, 2.75) is 50.5 Å². The number of Topliss-reactive ketones (excluding diaryl/α,β-unsaturated/α-hetero) is 1. The molecule has 4 aromatic heterocycles. The van der Waals surface area contributed by atoms with Gasteiger partial charge in [-0.2, -0.15) is 4.39 Å². The summed E-state index contributed by atoms with van der Waals surface area (Å²) in [5, 5.41) is 3.73. The van der Waals surface area contributed by atoms with Gasteiger partial charge < -0.3 is 10.3 Å². The lowest BCUT2D eigenvalue weighted by Crippen LogP contribution is -2.17. The topological polar surface area (TPSA) is 114 Å². The van der Waals surface area contributed by atoms with E-state index < -0.39 is 11.7 Å². The molecule has 0 aliphatic heterocycles. The van der Waals surface area contributed by atoms with Gasteiger partial charge in [-0.15, -0.1) is 0 Å². The van der Waals surface area contributed by atoms with Crippen LogP contribution in [0, 0.1) is 5.95 Å². The molecular formula is C26H23FN6O2. The number of nitrogens with zero attached hydrogens (tertiary/aromatic N) is 4. The van der Waals surface area contributed by atoms with Crippen LogP contribution in [0.5, 0.6) is 0 Å². The molecule has 8 nitrogen and oxygen atoms in total. The van der Waals surface area contributed by atoms with Gasteiger partial charge in [-0.05, 0) is 43.0 Å². The van der Waals surface area contributed by atoms with Gasteiger partial charge in [0.2, 0.25) is 5.95 Å². The summed E-state index contributed by atoms with van der Waals surface area (Å²) >= 11 is 0. The van der Waals surface area contributed by atoms with Crippen molar-refractivity contribution in [3.8, 4) is 0 Å². The molecule has 0 saturated heterocycles. The number of H-pyrrole nitrogens is 1. The van der Waals surface area contributed by atoms with E-state index in [0.717, 1.165) is 11.3 Å². The Morgan fingerprint density at radius 1 is 1.09 bits per heavy atom. The molecule has 0 aromatic carbocycles. The third-order valence-electron chi connectivity index (χ3n) is 6.68. The van der Waals surface area contributed by atoms with Crippen LogP contribution in [-0.4, -0.2) is 42.5 Å². The Balaban J connectivity index is 1.25. The van der Waals surface area contributed by atoms with E-state index in [9.17, 15) is 9.59 Å². The van der Waals surface area contributed by atoms with Crippen LogP contribution >= 0.6 is 0 Å². The number of fused-ring (bicyclic) bond motifs is 1. The number of ketones is 2. The largest absolute Gasteiger partial charge is 0.366 e. The Hall–Kier alpha value is -4.01. The van der Waals surface area contributed by atoms with Crippen molar-refractivity contribution in [1.29, 1.82) is 0 Å². The molecule has 0 amide bonds. The van der Waals surface area contributed by atoms with Gasteiger partial charge in [0.15, 0.2) is 5.78 Å². The first kappa shape index (κ1) is 21.5. The van der Waals surface area contributed by atoms with Crippen molar-refractivity contribution in [3.05, 3.63) is 77.0 Å². The number of anilines is 1. The molecule has 2 saturated carbocycles. The highest BCUT2D eigenvalue weighted by Gasteiger charge is 2.26. The predicted molar refractivity (Wildman–Crippen MR) is 127 cm³/mol. The third-order valence-corrected chi connectivity index (χ3v) is 6.68. The first-order chi connectivity index (χ1) is 17.0. The highest BCUT2D eigenvalue weighted by molar-refractivity contribution is 6.18. The van der Waals surface area contributed by atoms with Crippen molar-refractivity contribution in [3.63, 3.8) is 0 Å². The third kappa shape index (κ3) is 4.29. The van der Waals surface area contributed by atoms with Crippen LogP contribution in [0.4, 0.5) is 10.2 Å². The summed E-state index contributed by atoms with van der Waals surface area (Å²) in [5.74, 6) is -0.107. The van der Waals surface area contributed by atoms with Gasteiger partial charge in [-0.1, -0.05) is 6.07 Å². The summed E-state index contributed by atoms with van der Waals surface area (Å²) in [5.41, 5.74) is 3.15. The number of hydrogen-bond acceptors (Lipinski definition) is 7. The van der Waals surface area contributed by atoms with Crippen LogP contribution in [0.2, 0.25) is 0 Å². The number of aromatic nitrogens is 5. The predicted octanol–water partition coefficient (Wildman–Crippen LogP) is 4.12. The Morgan fingerprint density at radius 3 is 2.69 bits per heavy atom. The molecule has 6 rings (SSSR count). The summed E-state index contributed by atoms with van der Waals surface area (Å²) in [4.78, 5) is 45.0. The fraction of sp³-hybridized carbons (Fsp3) is 0.308. The second-order valence-electron chi connectivity index (χ2n) is 9.28. The van der Waals surface area contributed by atoms with Crippen molar-refractivity contribution >= 4 is 28.4 Å². The lowest BCUT2D eigenvalue weighted by molar-refractivity contribution is -0.117. The molecule has 2 aliphatic rings. The lowest BCUT2D eigenvalue weighted by Gasteiger charge is -2.13. The van der Waals surface area contributed by atoms with Gasteiger partial charge in [-0.25, -0.2) is 15.0 Å². The van der Waals surface area contributed by atoms with Gasteiger partial charge in [0.1, 0.15) is 23.6 Å². The average Bonchev–Trinajstić information content (AvgIpc) is 3.48. The monoisotopic (exact) mass is 470 g/mol. The molecule has 2 N–H and O–H groups in total. The van der Waals surface area contributed by atoms with Gasteiger partial charge in [0.05, 0.1) is 16.5 Å². The van der Waals surface area contributed by atoms with Crippen molar-refractivity contribution in [2.75, 3.05) is 5.32 Å². The molecule has 35 heavy (non-hydrogen) atoms. The van der Waals surface area contributed by atoms with Gasteiger partial charge in [0.25, 0.3) is 0 Å². The summed E-state index contributed by atoms with van der Waals surface area (Å²) in [6, 6.07) is 7.10. The summed E-state index contributed by atoms with van der Waals surface area (Å²) in [6.45, 7) is 0. The van der Waals surface area contributed by atoms with Gasteiger partial charge in [-0.3, -0.25) is 14.6 Å². The van der Waals surface area contributed by atoms with E-state index in [2.05, 4.69) is 30.2 Å². The molecule has 0 radical (unpaired) electrons. The Kier molecular flexibility index (Phi) is 5.32. The normalized spacial score (nSPS) is 17.7. The Labute approximate surface area is 200 Å². The second-order valence-corrected chi connectivity index (χ2v) is 9.28. The van der Waals surface area contributed by atoms with E-state index in [4.69, 9.17) is 0 Å². The molecule has 1 atom stereocenters. The van der Waals surface area contributed by atoms with Crippen LogP contribution in [0.3, 0.4) is 0 Å². The Morgan fingerprint density at radius 2 is 1.97 bits per heavy atom. The second kappa shape index (κ2) is 8.65. The SMILES string of the molecule is O=C1CCC(Nc2ncnc3[nH]cc(C(=O)c4ccc(Cc5ccc(C6CC6)nc5)nc4F)c23)C1. The summed E-state index contributed by atoms with van der Waals surface area (Å²) in [7, 11) is 0. The zero-order chi connectivity index (χ0) is 23.9. The first-order valence-electron chi connectivity index (χ1n) is 11.8. The molecule has 4 aromatic rings. The van der Waals surface area contributed by atoms with Gasteiger partial charge in [0, 0.05) is 55.0 Å². The lowest BCUT2D eigenvalue weighted by atomic mass is 10.0. The van der Waals surface area contributed by atoms with Crippen LogP contribution in [0.15, 0.2) is 43.0 Å². The molecular weight excluding hydrogens is 447 g/mol. The quantitative estimate of drug-likeness (QED) is 0.308. The van der Waals surface area contributed by atoms with E-state index >= 15 is 4.39 Å². The van der Waals surface area contributed by atoms with E-state index in [1.807, 2.05) is 18.3 Å². The maximum absolute atomic E-state index is 15.0. The minimum Gasteiger partial charge on any atom is -0.366 e. The molecule has 2 fully saturated rings. The molecule has 2 aliphatic carbocycles. The van der Waals surface area contributed by atoms with Crippen molar-refractivity contribution < 1.29 is 14.0 Å². The standard InChI is InChI=1S/C26H23FN6O2/c27-24-19(7-5-16(32-24)9-14-1-8-21(28-11-14)15-2-3-15)23(35)20-12-29-25-22(20)26(31-13-30-25)33-17-4-6-18(34)10-17/h1,5,7-8,11-13,15,17H,2-4,6,9-10H2,(H2,29,30,31,33). The van der Waals surface area contributed by atoms with E-state index in [1.165, 1.54) is 31.4 Å². The molecule has 9 heteroatoms. The van der Waals surface area contributed by atoms with Crippen LogP contribution in [0.1, 0.15) is 70.9 Å². The fourth-order valence-corrected chi connectivity index (χ4v) is 4.64. The highest BCUT2D eigenvalue weighted by atomic mass is 19.1. The number of nitrogens with one attached hydrogen (secondary N) is 2. The van der Waals surface area contributed by atoms with Crippen molar-refractivity contribution in [1.82, 2.24) is 24.9 Å². The number of aromatic amines is 1. The van der Waals surface area contributed by atoms with E-state index in [0.29, 0.717) is 54.1 Å². The number of hydrogen-bond donors (Lipinski definition) is 2.